The minimum atomic E-state index is -0.925. The minimum Gasteiger partial charge on any atom is -0.481 e. The molecule has 1 aromatic rings. The van der Waals surface area contributed by atoms with E-state index in [0.717, 1.165) is 0 Å². The van der Waals surface area contributed by atoms with Crippen molar-refractivity contribution in [2.45, 2.75) is 19.3 Å². The maximum Gasteiger partial charge on any atom is 0.303 e. The number of nitriles is 1. The van der Waals surface area contributed by atoms with Gasteiger partial charge in [0, 0.05) is 19.0 Å². The van der Waals surface area contributed by atoms with E-state index >= 15 is 0 Å². The van der Waals surface area contributed by atoms with Crippen LogP contribution in [0.25, 0.3) is 0 Å². The van der Waals surface area contributed by atoms with Gasteiger partial charge in [0.25, 0.3) is 0 Å². The molecule has 0 saturated heterocycles. The first-order chi connectivity index (χ1) is 7.13. The first kappa shape index (κ1) is 10.9. The fraction of sp³-hybridized carbons (Fsp3) is 0.333. The summed E-state index contributed by atoms with van der Waals surface area (Å²) in [6.07, 6.45) is 2.96. The maximum absolute atomic E-state index is 11.4. The van der Waals surface area contributed by atoms with Gasteiger partial charge in [0.1, 0.15) is 12.4 Å². The third-order valence-corrected chi connectivity index (χ3v) is 1.77. The molecule has 6 heteroatoms. The second kappa shape index (κ2) is 4.91. The number of hydrogen-bond acceptors (Lipinski definition) is 4. The standard InChI is InChI=1S/C9H9N3O3/c10-4-7-5-12(6-11-7)8(13)2-1-3-9(14)15/h5-6H,1-3H2,(H,14,15). The van der Waals surface area contributed by atoms with Crippen LogP contribution in [0.5, 0.6) is 0 Å². The average molecular weight is 207 g/mol. The number of nitrogens with zero attached hydrogens (tertiary/aromatic N) is 3. The van der Waals surface area contributed by atoms with E-state index in [4.69, 9.17) is 10.4 Å². The van der Waals surface area contributed by atoms with Crippen LogP contribution in [-0.4, -0.2) is 26.5 Å². The number of carboxylic acid groups (broad SMARTS) is 1. The van der Waals surface area contributed by atoms with Gasteiger partial charge in [-0.1, -0.05) is 0 Å². The van der Waals surface area contributed by atoms with Gasteiger partial charge in [0.15, 0.2) is 5.69 Å². The van der Waals surface area contributed by atoms with Gasteiger partial charge >= 0.3 is 5.97 Å². The zero-order valence-electron chi connectivity index (χ0n) is 7.88. The molecule has 6 nitrogen and oxygen atoms in total. The molecule has 0 amide bonds. The summed E-state index contributed by atoms with van der Waals surface area (Å²) >= 11 is 0. The van der Waals surface area contributed by atoms with E-state index in [1.165, 1.54) is 17.1 Å². The molecule has 0 aliphatic rings. The largest absolute Gasteiger partial charge is 0.481 e. The van der Waals surface area contributed by atoms with Gasteiger partial charge in [0.05, 0.1) is 0 Å². The number of rotatable bonds is 4. The molecular weight excluding hydrogens is 198 g/mol. The summed E-state index contributed by atoms with van der Waals surface area (Å²) < 4.78 is 1.19. The van der Waals surface area contributed by atoms with E-state index in [9.17, 15) is 9.59 Å². The summed E-state index contributed by atoms with van der Waals surface area (Å²) in [7, 11) is 0. The molecule has 0 radical (unpaired) electrons. The predicted octanol–water partition coefficient (Wildman–Crippen LogP) is 0.650. The lowest BCUT2D eigenvalue weighted by Gasteiger charge is -1.98. The Bertz CT molecular complexity index is 416. The number of carbonyl (C=O) groups excluding carboxylic acids is 1. The SMILES string of the molecule is N#Cc1cn(C(=O)CCCC(=O)O)cn1. The van der Waals surface area contributed by atoms with Crippen LogP contribution in [0, 0.1) is 11.3 Å². The highest BCUT2D eigenvalue weighted by molar-refractivity contribution is 5.79. The first-order valence-corrected chi connectivity index (χ1v) is 4.32. The summed E-state index contributed by atoms with van der Waals surface area (Å²) in [5.74, 6) is -1.18. The number of carboxylic acids is 1. The van der Waals surface area contributed by atoms with Crippen LogP contribution in [0.3, 0.4) is 0 Å². The van der Waals surface area contributed by atoms with Crippen molar-refractivity contribution in [1.82, 2.24) is 9.55 Å². The Morgan fingerprint density at radius 2 is 2.27 bits per heavy atom. The molecule has 0 bridgehead atoms. The van der Waals surface area contributed by atoms with Crippen LogP contribution < -0.4 is 0 Å². The van der Waals surface area contributed by atoms with Crippen molar-refractivity contribution < 1.29 is 14.7 Å². The second-order valence-corrected chi connectivity index (χ2v) is 2.92. The fourth-order valence-electron chi connectivity index (χ4n) is 1.04. The maximum atomic E-state index is 11.4. The van der Waals surface area contributed by atoms with E-state index in [2.05, 4.69) is 4.98 Å². The van der Waals surface area contributed by atoms with Crippen LogP contribution in [0.4, 0.5) is 0 Å². The van der Waals surface area contributed by atoms with Crippen LogP contribution in [-0.2, 0) is 4.79 Å². The summed E-state index contributed by atoms with van der Waals surface area (Å²) in [4.78, 5) is 25.2. The van der Waals surface area contributed by atoms with E-state index < -0.39 is 5.97 Å². The smallest absolute Gasteiger partial charge is 0.303 e. The first-order valence-electron chi connectivity index (χ1n) is 4.32. The monoisotopic (exact) mass is 207 g/mol. The second-order valence-electron chi connectivity index (χ2n) is 2.92. The zero-order valence-corrected chi connectivity index (χ0v) is 7.88. The summed E-state index contributed by atoms with van der Waals surface area (Å²) in [6, 6.07) is 1.80. The molecule has 0 fully saturated rings. The highest BCUT2D eigenvalue weighted by Gasteiger charge is 2.07. The molecule has 1 rings (SSSR count). The molecule has 0 spiro atoms. The van der Waals surface area contributed by atoms with Gasteiger partial charge in [-0.3, -0.25) is 14.2 Å². The summed E-state index contributed by atoms with van der Waals surface area (Å²) in [6.45, 7) is 0. The average Bonchev–Trinajstić information content (AvgIpc) is 2.65. The summed E-state index contributed by atoms with van der Waals surface area (Å²) in [5, 5.41) is 16.8. The minimum absolute atomic E-state index is 0.0362. The molecule has 0 unspecified atom stereocenters. The van der Waals surface area contributed by atoms with Crippen molar-refractivity contribution in [1.29, 1.82) is 5.26 Å². The lowest BCUT2D eigenvalue weighted by molar-refractivity contribution is -0.137. The number of aromatic nitrogens is 2. The predicted molar refractivity (Wildman–Crippen MR) is 49.1 cm³/mol. The van der Waals surface area contributed by atoms with Crippen LogP contribution in [0.2, 0.25) is 0 Å². The molecule has 1 heterocycles. The number of carbonyl (C=O) groups is 2. The Morgan fingerprint density at radius 1 is 1.53 bits per heavy atom. The van der Waals surface area contributed by atoms with Crippen LogP contribution >= 0.6 is 0 Å². The molecule has 0 aliphatic heterocycles. The lowest BCUT2D eigenvalue weighted by atomic mass is 10.2. The number of hydrogen-bond donors (Lipinski definition) is 1. The normalized spacial score (nSPS) is 9.53. The Balaban J connectivity index is 2.47. The van der Waals surface area contributed by atoms with E-state index in [1.807, 2.05) is 0 Å². The van der Waals surface area contributed by atoms with Gasteiger partial charge < -0.3 is 5.11 Å². The third-order valence-electron chi connectivity index (χ3n) is 1.77. The van der Waals surface area contributed by atoms with Gasteiger partial charge in [-0.2, -0.15) is 5.26 Å². The molecule has 78 valence electrons. The molecule has 1 aromatic heterocycles. The molecule has 0 atom stereocenters. The Morgan fingerprint density at radius 3 is 2.80 bits per heavy atom. The Hall–Kier alpha value is -2.16. The zero-order chi connectivity index (χ0) is 11.3. The lowest BCUT2D eigenvalue weighted by Crippen LogP contribution is -2.08. The van der Waals surface area contributed by atoms with E-state index in [-0.39, 0.29) is 30.9 Å². The molecule has 0 saturated carbocycles. The van der Waals surface area contributed by atoms with Crippen molar-refractivity contribution in [2.75, 3.05) is 0 Å². The topological polar surface area (TPSA) is 96.0 Å². The van der Waals surface area contributed by atoms with E-state index in [0.29, 0.717) is 0 Å². The number of aliphatic carboxylic acids is 1. The highest BCUT2D eigenvalue weighted by Crippen LogP contribution is 2.01. The quantitative estimate of drug-likeness (QED) is 0.781. The molecular formula is C9H9N3O3. The van der Waals surface area contributed by atoms with Gasteiger partial charge in [-0.05, 0) is 6.42 Å². The fourth-order valence-corrected chi connectivity index (χ4v) is 1.04. The summed E-state index contributed by atoms with van der Waals surface area (Å²) in [5.41, 5.74) is 0.168. The van der Waals surface area contributed by atoms with Gasteiger partial charge in [0.2, 0.25) is 5.91 Å². The van der Waals surface area contributed by atoms with Crippen molar-refractivity contribution in [2.24, 2.45) is 0 Å². The third kappa shape index (κ3) is 3.23. The molecule has 15 heavy (non-hydrogen) atoms. The molecule has 1 N–H and O–H groups in total. The van der Waals surface area contributed by atoms with Crippen molar-refractivity contribution in [3.8, 4) is 6.07 Å². The molecule has 0 aromatic carbocycles. The molecule has 0 aliphatic carbocycles. The van der Waals surface area contributed by atoms with Crippen LogP contribution in [0.15, 0.2) is 12.5 Å². The van der Waals surface area contributed by atoms with Crippen molar-refractivity contribution >= 4 is 11.9 Å². The highest BCUT2D eigenvalue weighted by atomic mass is 16.4. The number of imidazole rings is 1. The van der Waals surface area contributed by atoms with Gasteiger partial charge in [-0.15, -0.1) is 0 Å². The van der Waals surface area contributed by atoms with Gasteiger partial charge in [-0.25, -0.2) is 4.98 Å². The Kier molecular flexibility index (Phi) is 3.57. The Labute approximate surface area is 85.8 Å². The van der Waals surface area contributed by atoms with E-state index in [1.54, 1.807) is 6.07 Å². The van der Waals surface area contributed by atoms with Crippen molar-refractivity contribution in [3.05, 3.63) is 18.2 Å². The van der Waals surface area contributed by atoms with Crippen LogP contribution in [0.1, 0.15) is 29.8 Å². The van der Waals surface area contributed by atoms with Crippen molar-refractivity contribution in [3.63, 3.8) is 0 Å².